The van der Waals surface area contributed by atoms with Crippen LogP contribution in [0.2, 0.25) is 0 Å². The molecule has 1 aromatic carbocycles. The SMILES string of the molecule is COc1ccc(C2=CN3CCN(C(=O)NC(C)(C)C)CC3C2C(N)=O)cc1. The number of carbonyl (C=O) groups is 2. The number of benzene rings is 1. The van der Waals surface area contributed by atoms with E-state index < -0.39 is 5.92 Å². The lowest BCUT2D eigenvalue weighted by Crippen LogP contribution is -2.58. The molecule has 0 saturated carbocycles. The molecule has 1 fully saturated rings. The number of urea groups is 1. The van der Waals surface area contributed by atoms with Crippen LogP contribution in [-0.4, -0.2) is 60.1 Å². The number of hydrogen-bond donors (Lipinski definition) is 2. The number of ether oxygens (including phenoxy) is 1. The van der Waals surface area contributed by atoms with Gasteiger partial charge in [-0.25, -0.2) is 4.79 Å². The Morgan fingerprint density at radius 1 is 1.19 bits per heavy atom. The van der Waals surface area contributed by atoms with Crippen molar-refractivity contribution in [2.75, 3.05) is 26.7 Å². The summed E-state index contributed by atoms with van der Waals surface area (Å²) in [5.41, 5.74) is 7.30. The first kappa shape index (κ1) is 19.1. The quantitative estimate of drug-likeness (QED) is 0.844. The zero-order chi connectivity index (χ0) is 19.8. The first-order valence-corrected chi connectivity index (χ1v) is 9.18. The number of methoxy groups -OCH3 is 1. The first-order chi connectivity index (χ1) is 12.7. The van der Waals surface area contributed by atoms with Crippen LogP contribution in [0.5, 0.6) is 5.75 Å². The molecule has 3 amide bonds. The number of hydrogen-bond acceptors (Lipinski definition) is 4. The normalized spacial score (nSPS) is 22.1. The number of primary amides is 1. The number of rotatable bonds is 3. The fourth-order valence-electron chi connectivity index (χ4n) is 3.71. The number of fused-ring (bicyclic) bond motifs is 1. The Morgan fingerprint density at radius 3 is 2.41 bits per heavy atom. The number of amides is 3. The van der Waals surface area contributed by atoms with Crippen LogP contribution in [-0.2, 0) is 4.79 Å². The summed E-state index contributed by atoms with van der Waals surface area (Å²) in [5, 5.41) is 2.99. The van der Waals surface area contributed by atoms with E-state index in [0.29, 0.717) is 19.6 Å². The van der Waals surface area contributed by atoms with E-state index >= 15 is 0 Å². The fourth-order valence-corrected chi connectivity index (χ4v) is 3.71. The van der Waals surface area contributed by atoms with Crippen molar-refractivity contribution in [1.29, 1.82) is 0 Å². The Hall–Kier alpha value is -2.70. The summed E-state index contributed by atoms with van der Waals surface area (Å²) >= 11 is 0. The van der Waals surface area contributed by atoms with Crippen LogP contribution in [0.1, 0.15) is 26.3 Å². The predicted molar refractivity (Wildman–Crippen MR) is 104 cm³/mol. The highest BCUT2D eigenvalue weighted by molar-refractivity contribution is 5.93. The minimum atomic E-state index is -0.455. The zero-order valence-electron chi connectivity index (χ0n) is 16.4. The van der Waals surface area contributed by atoms with E-state index in [4.69, 9.17) is 10.5 Å². The lowest BCUT2D eigenvalue weighted by atomic mass is 9.88. The minimum Gasteiger partial charge on any atom is -0.497 e. The maximum absolute atomic E-state index is 12.6. The van der Waals surface area contributed by atoms with Crippen molar-refractivity contribution in [1.82, 2.24) is 15.1 Å². The second-order valence-corrected chi connectivity index (χ2v) is 8.12. The van der Waals surface area contributed by atoms with Gasteiger partial charge in [0, 0.05) is 31.4 Å². The van der Waals surface area contributed by atoms with E-state index in [-0.39, 0.29) is 23.5 Å². The van der Waals surface area contributed by atoms with Gasteiger partial charge in [-0.3, -0.25) is 4.79 Å². The smallest absolute Gasteiger partial charge is 0.317 e. The molecule has 3 rings (SSSR count). The molecule has 2 aliphatic heterocycles. The van der Waals surface area contributed by atoms with E-state index in [1.807, 2.05) is 51.2 Å². The summed E-state index contributed by atoms with van der Waals surface area (Å²) in [4.78, 5) is 28.7. The minimum absolute atomic E-state index is 0.108. The number of carbonyl (C=O) groups excluding carboxylic acids is 2. The number of nitrogens with zero attached hydrogens (tertiary/aromatic N) is 2. The highest BCUT2D eigenvalue weighted by atomic mass is 16.5. The molecule has 0 spiro atoms. The summed E-state index contributed by atoms with van der Waals surface area (Å²) in [7, 11) is 1.62. The van der Waals surface area contributed by atoms with E-state index in [9.17, 15) is 9.59 Å². The van der Waals surface area contributed by atoms with Crippen LogP contribution in [0.4, 0.5) is 4.79 Å². The van der Waals surface area contributed by atoms with Crippen molar-refractivity contribution in [2.24, 2.45) is 11.7 Å². The molecule has 3 N–H and O–H groups in total. The van der Waals surface area contributed by atoms with Gasteiger partial charge in [-0.05, 0) is 44.0 Å². The largest absolute Gasteiger partial charge is 0.497 e. The van der Waals surface area contributed by atoms with Gasteiger partial charge in [-0.1, -0.05) is 12.1 Å². The third-order valence-corrected chi connectivity index (χ3v) is 4.99. The Morgan fingerprint density at radius 2 is 1.85 bits per heavy atom. The Bertz CT molecular complexity index is 751. The van der Waals surface area contributed by atoms with Crippen molar-refractivity contribution in [2.45, 2.75) is 32.4 Å². The summed E-state index contributed by atoms with van der Waals surface area (Å²) in [6.07, 6.45) is 2.01. The van der Waals surface area contributed by atoms with E-state index in [1.165, 1.54) is 0 Å². The number of nitrogens with two attached hydrogens (primary N) is 1. The number of piperazine rings is 1. The van der Waals surface area contributed by atoms with Crippen LogP contribution in [0, 0.1) is 5.92 Å². The monoisotopic (exact) mass is 372 g/mol. The molecule has 0 aliphatic carbocycles. The topological polar surface area (TPSA) is 87.9 Å². The van der Waals surface area contributed by atoms with Gasteiger partial charge in [0.25, 0.3) is 0 Å². The van der Waals surface area contributed by atoms with E-state index in [2.05, 4.69) is 10.2 Å². The Balaban J connectivity index is 1.81. The lowest BCUT2D eigenvalue weighted by molar-refractivity contribution is -0.121. The maximum Gasteiger partial charge on any atom is 0.317 e. The molecule has 146 valence electrons. The summed E-state index contributed by atoms with van der Waals surface area (Å²) in [6.45, 7) is 7.60. The molecule has 0 aromatic heterocycles. The van der Waals surface area contributed by atoms with E-state index in [1.54, 1.807) is 12.0 Å². The molecule has 2 heterocycles. The van der Waals surface area contributed by atoms with Gasteiger partial charge in [-0.15, -0.1) is 0 Å². The molecule has 2 aliphatic rings. The second-order valence-electron chi connectivity index (χ2n) is 8.12. The molecule has 27 heavy (non-hydrogen) atoms. The van der Waals surface area contributed by atoms with Gasteiger partial charge in [0.1, 0.15) is 5.75 Å². The van der Waals surface area contributed by atoms with Crippen LogP contribution in [0.3, 0.4) is 0 Å². The number of nitrogens with one attached hydrogen (secondary N) is 1. The maximum atomic E-state index is 12.6. The summed E-state index contributed by atoms with van der Waals surface area (Å²) in [5.74, 6) is -0.0676. The molecule has 1 aromatic rings. The molecule has 7 heteroatoms. The van der Waals surface area contributed by atoms with Crippen molar-refractivity contribution in [3.8, 4) is 5.75 Å². The second kappa shape index (κ2) is 7.13. The zero-order valence-corrected chi connectivity index (χ0v) is 16.4. The van der Waals surface area contributed by atoms with Gasteiger partial charge in [0.2, 0.25) is 5.91 Å². The average Bonchev–Trinajstić information content (AvgIpc) is 2.99. The summed E-state index contributed by atoms with van der Waals surface area (Å²) in [6, 6.07) is 7.36. The van der Waals surface area contributed by atoms with Crippen molar-refractivity contribution < 1.29 is 14.3 Å². The van der Waals surface area contributed by atoms with Crippen molar-refractivity contribution in [3.05, 3.63) is 36.0 Å². The van der Waals surface area contributed by atoms with Crippen LogP contribution in [0.25, 0.3) is 5.57 Å². The fraction of sp³-hybridized carbons (Fsp3) is 0.500. The van der Waals surface area contributed by atoms with Crippen LogP contribution in [0.15, 0.2) is 30.5 Å². The Labute approximate surface area is 160 Å². The molecule has 0 bridgehead atoms. The Kier molecular flexibility index (Phi) is 5.04. The summed E-state index contributed by atoms with van der Waals surface area (Å²) < 4.78 is 5.21. The molecular weight excluding hydrogens is 344 g/mol. The molecule has 0 radical (unpaired) electrons. The molecule has 1 saturated heterocycles. The van der Waals surface area contributed by atoms with Gasteiger partial charge in [0.15, 0.2) is 0 Å². The molecular formula is C20H28N4O3. The first-order valence-electron chi connectivity index (χ1n) is 9.18. The molecule has 2 atom stereocenters. The third kappa shape index (κ3) is 4.02. The average molecular weight is 372 g/mol. The van der Waals surface area contributed by atoms with Crippen molar-refractivity contribution >= 4 is 17.5 Å². The van der Waals surface area contributed by atoms with Crippen LogP contribution < -0.4 is 15.8 Å². The van der Waals surface area contributed by atoms with Gasteiger partial charge in [-0.2, -0.15) is 0 Å². The molecule has 2 unspecified atom stereocenters. The van der Waals surface area contributed by atoms with Gasteiger partial charge in [0.05, 0.1) is 19.1 Å². The van der Waals surface area contributed by atoms with E-state index in [0.717, 1.165) is 16.9 Å². The van der Waals surface area contributed by atoms with Crippen molar-refractivity contribution in [3.63, 3.8) is 0 Å². The van der Waals surface area contributed by atoms with Crippen LogP contribution >= 0.6 is 0 Å². The lowest BCUT2D eigenvalue weighted by Gasteiger charge is -2.40. The van der Waals surface area contributed by atoms with Gasteiger partial charge < -0.3 is 25.6 Å². The molecule has 7 nitrogen and oxygen atoms in total. The third-order valence-electron chi connectivity index (χ3n) is 4.99. The van der Waals surface area contributed by atoms with Gasteiger partial charge >= 0.3 is 6.03 Å². The highest BCUT2D eigenvalue weighted by Crippen LogP contribution is 2.37. The standard InChI is InChI=1S/C20H28N4O3/c1-20(2,3)22-19(26)24-10-9-23-11-15(17(18(21)25)16(23)12-24)13-5-7-14(27-4)8-6-13/h5-8,11,16-17H,9-10,12H2,1-4H3,(H2,21,25)(H,22,26). The highest BCUT2D eigenvalue weighted by Gasteiger charge is 2.43. The predicted octanol–water partition coefficient (Wildman–Crippen LogP) is 1.65.